The number of hydrogen-bond donors (Lipinski definition) is 1. The van der Waals surface area contributed by atoms with E-state index < -0.39 is 6.04 Å². The first kappa shape index (κ1) is 12.2. The highest BCUT2D eigenvalue weighted by molar-refractivity contribution is 5.83. The molecule has 1 atom stereocenters. The zero-order valence-corrected chi connectivity index (χ0v) is 10.7. The van der Waals surface area contributed by atoms with Crippen LogP contribution in [0, 0.1) is 0 Å². The standard InChI is InChI=1S/C16H17NO2/c17-15(16(18)19-14-7-8-14)10-11-5-6-12-3-1-2-4-13(12)9-11/h1-6,9,14-15H,7-8,10,17H2. The van der Waals surface area contributed by atoms with E-state index in [0.717, 1.165) is 18.4 Å². The lowest BCUT2D eigenvalue weighted by atomic mass is 10.0. The summed E-state index contributed by atoms with van der Waals surface area (Å²) in [5.74, 6) is -0.282. The minimum atomic E-state index is -0.568. The third kappa shape index (κ3) is 2.93. The van der Waals surface area contributed by atoms with Crippen molar-refractivity contribution in [1.82, 2.24) is 0 Å². The summed E-state index contributed by atoms with van der Waals surface area (Å²) in [7, 11) is 0. The second-order valence-corrected chi connectivity index (χ2v) is 5.13. The Balaban J connectivity index is 1.71. The monoisotopic (exact) mass is 255 g/mol. The Morgan fingerprint density at radius 1 is 1.21 bits per heavy atom. The topological polar surface area (TPSA) is 52.3 Å². The van der Waals surface area contributed by atoms with Crippen LogP contribution in [0.2, 0.25) is 0 Å². The van der Waals surface area contributed by atoms with Crippen molar-refractivity contribution in [2.45, 2.75) is 31.4 Å². The van der Waals surface area contributed by atoms with Crippen LogP contribution in [0.15, 0.2) is 42.5 Å². The van der Waals surface area contributed by atoms with E-state index in [1.54, 1.807) is 0 Å². The molecule has 1 aliphatic carbocycles. The van der Waals surface area contributed by atoms with Gasteiger partial charge in [-0.15, -0.1) is 0 Å². The molecule has 0 saturated heterocycles. The maximum atomic E-state index is 11.7. The summed E-state index contributed by atoms with van der Waals surface area (Å²) in [5, 5.41) is 2.36. The molecule has 2 N–H and O–H groups in total. The number of benzene rings is 2. The maximum Gasteiger partial charge on any atom is 0.323 e. The molecule has 0 bridgehead atoms. The van der Waals surface area contributed by atoms with Crippen LogP contribution < -0.4 is 5.73 Å². The highest BCUT2D eigenvalue weighted by Crippen LogP contribution is 2.24. The number of hydrogen-bond acceptors (Lipinski definition) is 3. The lowest BCUT2D eigenvalue weighted by Gasteiger charge is -2.11. The van der Waals surface area contributed by atoms with Gasteiger partial charge in [0.05, 0.1) is 0 Å². The molecule has 1 aliphatic rings. The van der Waals surface area contributed by atoms with Gasteiger partial charge in [-0.05, 0) is 35.6 Å². The van der Waals surface area contributed by atoms with E-state index in [1.165, 1.54) is 10.8 Å². The van der Waals surface area contributed by atoms with Crippen molar-refractivity contribution in [3.05, 3.63) is 48.0 Å². The van der Waals surface area contributed by atoms with E-state index >= 15 is 0 Å². The number of rotatable bonds is 4. The molecule has 98 valence electrons. The van der Waals surface area contributed by atoms with E-state index in [2.05, 4.69) is 24.3 Å². The predicted molar refractivity (Wildman–Crippen MR) is 74.7 cm³/mol. The molecule has 2 aromatic carbocycles. The van der Waals surface area contributed by atoms with Gasteiger partial charge in [0.15, 0.2) is 0 Å². The minimum absolute atomic E-state index is 0.121. The van der Waals surface area contributed by atoms with Gasteiger partial charge in [0, 0.05) is 0 Å². The molecule has 1 unspecified atom stereocenters. The van der Waals surface area contributed by atoms with Gasteiger partial charge in [-0.25, -0.2) is 0 Å². The fourth-order valence-corrected chi connectivity index (χ4v) is 2.14. The van der Waals surface area contributed by atoms with Crippen molar-refractivity contribution in [3.63, 3.8) is 0 Å². The maximum absolute atomic E-state index is 11.7. The number of carbonyl (C=O) groups is 1. The fourth-order valence-electron chi connectivity index (χ4n) is 2.14. The van der Waals surface area contributed by atoms with Gasteiger partial charge in [-0.2, -0.15) is 0 Å². The van der Waals surface area contributed by atoms with Crippen LogP contribution in [0.4, 0.5) is 0 Å². The summed E-state index contributed by atoms with van der Waals surface area (Å²) in [6, 6.07) is 13.7. The van der Waals surface area contributed by atoms with Gasteiger partial charge in [0.2, 0.25) is 0 Å². The zero-order valence-electron chi connectivity index (χ0n) is 10.7. The van der Waals surface area contributed by atoms with Crippen molar-refractivity contribution >= 4 is 16.7 Å². The van der Waals surface area contributed by atoms with Gasteiger partial charge >= 0.3 is 5.97 Å². The van der Waals surface area contributed by atoms with E-state index in [9.17, 15) is 4.79 Å². The molecule has 2 aromatic rings. The summed E-state index contributed by atoms with van der Waals surface area (Å²) >= 11 is 0. The number of carbonyl (C=O) groups excluding carboxylic acids is 1. The van der Waals surface area contributed by atoms with Crippen molar-refractivity contribution in [1.29, 1.82) is 0 Å². The molecule has 0 aliphatic heterocycles. The Morgan fingerprint density at radius 3 is 2.68 bits per heavy atom. The van der Waals surface area contributed by atoms with Crippen LogP contribution in [0.5, 0.6) is 0 Å². The first-order chi connectivity index (χ1) is 9.22. The summed E-state index contributed by atoms with van der Waals surface area (Å²) in [5.41, 5.74) is 6.96. The zero-order chi connectivity index (χ0) is 13.2. The molecule has 1 saturated carbocycles. The van der Waals surface area contributed by atoms with Crippen molar-refractivity contribution in [2.24, 2.45) is 5.73 Å². The van der Waals surface area contributed by atoms with Crippen LogP contribution in [-0.4, -0.2) is 18.1 Å². The van der Waals surface area contributed by atoms with E-state index in [-0.39, 0.29) is 12.1 Å². The molecule has 1 fully saturated rings. The fraction of sp³-hybridized carbons (Fsp3) is 0.312. The number of fused-ring (bicyclic) bond motifs is 1. The Hall–Kier alpha value is -1.87. The second-order valence-electron chi connectivity index (χ2n) is 5.13. The molecule has 0 spiro atoms. The molecule has 0 amide bonds. The van der Waals surface area contributed by atoms with Crippen LogP contribution in [0.25, 0.3) is 10.8 Å². The predicted octanol–water partition coefficient (Wildman–Crippen LogP) is 2.42. The number of nitrogens with two attached hydrogens (primary N) is 1. The number of esters is 1. The second kappa shape index (κ2) is 5.02. The first-order valence-electron chi connectivity index (χ1n) is 6.66. The van der Waals surface area contributed by atoms with Crippen LogP contribution in [0.1, 0.15) is 18.4 Å². The van der Waals surface area contributed by atoms with Crippen molar-refractivity contribution in [3.8, 4) is 0 Å². The van der Waals surface area contributed by atoms with Crippen LogP contribution in [-0.2, 0) is 16.0 Å². The molecule has 0 heterocycles. The van der Waals surface area contributed by atoms with Crippen LogP contribution in [0.3, 0.4) is 0 Å². The van der Waals surface area contributed by atoms with E-state index in [1.807, 2.05) is 18.2 Å². The molecule has 19 heavy (non-hydrogen) atoms. The van der Waals surface area contributed by atoms with Crippen molar-refractivity contribution in [2.75, 3.05) is 0 Å². The average molecular weight is 255 g/mol. The van der Waals surface area contributed by atoms with E-state index in [0.29, 0.717) is 6.42 Å². The molecule has 0 radical (unpaired) electrons. The highest BCUT2D eigenvalue weighted by Gasteiger charge is 2.28. The summed E-state index contributed by atoms with van der Waals surface area (Å²) < 4.78 is 5.22. The van der Waals surface area contributed by atoms with Gasteiger partial charge in [0.1, 0.15) is 12.1 Å². The Labute approximate surface area is 112 Å². The number of ether oxygens (including phenoxy) is 1. The summed E-state index contributed by atoms with van der Waals surface area (Å²) in [6.07, 6.45) is 2.61. The Morgan fingerprint density at radius 2 is 1.95 bits per heavy atom. The molecule has 3 nitrogen and oxygen atoms in total. The normalized spacial score (nSPS) is 16.3. The Kier molecular flexibility index (Phi) is 3.22. The van der Waals surface area contributed by atoms with Crippen molar-refractivity contribution < 1.29 is 9.53 Å². The van der Waals surface area contributed by atoms with Gasteiger partial charge in [0.25, 0.3) is 0 Å². The molecule has 3 heteroatoms. The first-order valence-corrected chi connectivity index (χ1v) is 6.66. The quantitative estimate of drug-likeness (QED) is 0.854. The highest BCUT2D eigenvalue weighted by atomic mass is 16.5. The lowest BCUT2D eigenvalue weighted by molar-refractivity contribution is -0.146. The van der Waals surface area contributed by atoms with Crippen LogP contribution >= 0.6 is 0 Å². The molecule has 0 aromatic heterocycles. The molecular weight excluding hydrogens is 238 g/mol. The SMILES string of the molecule is NC(Cc1ccc2ccccc2c1)C(=O)OC1CC1. The van der Waals surface area contributed by atoms with E-state index in [4.69, 9.17) is 10.5 Å². The average Bonchev–Trinajstić information content (AvgIpc) is 3.22. The third-order valence-corrected chi connectivity index (χ3v) is 3.38. The largest absolute Gasteiger partial charge is 0.461 e. The van der Waals surface area contributed by atoms with Gasteiger partial charge in [-0.3, -0.25) is 4.79 Å². The molecule has 3 rings (SSSR count). The van der Waals surface area contributed by atoms with Gasteiger partial charge < -0.3 is 10.5 Å². The lowest BCUT2D eigenvalue weighted by Crippen LogP contribution is -2.34. The summed E-state index contributed by atoms with van der Waals surface area (Å²) in [6.45, 7) is 0. The third-order valence-electron chi connectivity index (χ3n) is 3.38. The summed E-state index contributed by atoms with van der Waals surface area (Å²) in [4.78, 5) is 11.7. The van der Waals surface area contributed by atoms with Gasteiger partial charge in [-0.1, -0.05) is 42.5 Å². The minimum Gasteiger partial charge on any atom is -0.461 e. The Bertz CT molecular complexity index is 604. The molecular formula is C16H17NO2. The smallest absolute Gasteiger partial charge is 0.323 e.